The zero-order chi connectivity index (χ0) is 26.2. The van der Waals surface area contributed by atoms with Gasteiger partial charge in [-0.2, -0.15) is 5.26 Å². The van der Waals surface area contributed by atoms with Crippen LogP contribution in [0.4, 0.5) is 11.5 Å². The van der Waals surface area contributed by atoms with Crippen molar-refractivity contribution in [1.29, 1.82) is 5.26 Å². The molecule has 2 aromatic heterocycles. The Kier molecular flexibility index (Phi) is 6.29. The number of hydrogen-bond acceptors (Lipinski definition) is 7. The number of methoxy groups -OCH3 is 1. The van der Waals surface area contributed by atoms with Gasteiger partial charge in [-0.3, -0.25) is 4.98 Å². The van der Waals surface area contributed by atoms with Gasteiger partial charge in [0, 0.05) is 34.4 Å². The minimum Gasteiger partial charge on any atom is -0.495 e. The molecule has 37 heavy (non-hydrogen) atoms. The first kappa shape index (κ1) is 24.3. The van der Waals surface area contributed by atoms with Crippen molar-refractivity contribution in [2.45, 2.75) is 11.8 Å². The molecule has 0 bridgehead atoms. The fraction of sp³-hybridized carbons (Fsp3) is 0.0741. The van der Waals surface area contributed by atoms with Crippen LogP contribution in [-0.4, -0.2) is 25.7 Å². The molecule has 0 aliphatic carbocycles. The van der Waals surface area contributed by atoms with Gasteiger partial charge in [-0.1, -0.05) is 35.0 Å². The normalized spacial score (nSPS) is 11.3. The number of aromatic nitrogens is 2. The molecule has 0 saturated heterocycles. The van der Waals surface area contributed by atoms with Crippen LogP contribution in [0.2, 0.25) is 5.02 Å². The lowest BCUT2D eigenvalue weighted by atomic mass is 9.98. The van der Waals surface area contributed by atoms with Crippen LogP contribution in [-0.2, 0) is 10.0 Å². The second-order valence-corrected chi connectivity index (χ2v) is 10.4. The van der Waals surface area contributed by atoms with Gasteiger partial charge in [-0.25, -0.2) is 12.7 Å². The Balaban J connectivity index is 1.73. The molecule has 0 radical (unpaired) electrons. The Morgan fingerprint density at radius 1 is 1.05 bits per heavy atom. The monoisotopic (exact) mass is 530 g/mol. The summed E-state index contributed by atoms with van der Waals surface area (Å²) in [6.07, 6.45) is 4.51. The molecule has 5 aromatic rings. The number of anilines is 2. The van der Waals surface area contributed by atoms with Gasteiger partial charge >= 0.3 is 0 Å². The Morgan fingerprint density at radius 3 is 2.59 bits per heavy atom. The summed E-state index contributed by atoms with van der Waals surface area (Å²) in [6, 6.07) is 18.5. The highest BCUT2D eigenvalue weighted by Crippen LogP contribution is 2.42. The van der Waals surface area contributed by atoms with Gasteiger partial charge in [-0.15, -0.1) is 0 Å². The Morgan fingerprint density at radius 2 is 1.89 bits per heavy atom. The van der Waals surface area contributed by atoms with Crippen LogP contribution in [0, 0.1) is 18.3 Å². The smallest absolute Gasteiger partial charge is 0.270 e. The summed E-state index contributed by atoms with van der Waals surface area (Å²) in [4.78, 5) is 4.09. The van der Waals surface area contributed by atoms with E-state index in [2.05, 4.69) is 16.2 Å². The molecule has 0 aliphatic rings. The fourth-order valence-electron chi connectivity index (χ4n) is 4.00. The number of sulfonamides is 1. The predicted octanol–water partition coefficient (Wildman–Crippen LogP) is 6.26. The van der Waals surface area contributed by atoms with Gasteiger partial charge in [0.1, 0.15) is 17.7 Å². The molecule has 0 saturated carbocycles. The topological polar surface area (TPSA) is 109 Å². The number of benzene rings is 3. The van der Waals surface area contributed by atoms with Crippen molar-refractivity contribution in [3.8, 4) is 22.9 Å². The van der Waals surface area contributed by atoms with Crippen molar-refractivity contribution in [1.82, 2.24) is 10.1 Å². The van der Waals surface area contributed by atoms with Crippen molar-refractivity contribution in [2.75, 3.05) is 11.4 Å². The van der Waals surface area contributed by atoms with Crippen LogP contribution >= 0.6 is 11.6 Å². The standard InChI is InChI=1S/C27H19ClN4O4S/c1-17-3-4-19(12-24(17)28)23-14-26(35-2)25(13-21(23)15-29)32(27-8-10-36-31-27)37(33,34)22-6-5-20-16-30-9-7-18(20)11-22/h3-14,16H,1-2H3. The summed E-state index contributed by atoms with van der Waals surface area (Å²) in [5.41, 5.74) is 2.45. The summed E-state index contributed by atoms with van der Waals surface area (Å²) in [5.74, 6) is 0.213. The van der Waals surface area contributed by atoms with E-state index in [0.717, 1.165) is 15.3 Å². The number of nitriles is 1. The van der Waals surface area contributed by atoms with Gasteiger partial charge in [0.2, 0.25) is 0 Å². The maximum Gasteiger partial charge on any atom is 0.270 e. The highest BCUT2D eigenvalue weighted by Gasteiger charge is 2.32. The second-order valence-electron chi connectivity index (χ2n) is 8.16. The predicted molar refractivity (Wildman–Crippen MR) is 140 cm³/mol. The SMILES string of the molecule is COc1cc(-c2ccc(C)c(Cl)c2)c(C#N)cc1N(c1ccon1)S(=O)(=O)c1ccc2cnccc2c1. The van der Waals surface area contributed by atoms with Gasteiger partial charge in [0.25, 0.3) is 10.0 Å². The van der Waals surface area contributed by atoms with Gasteiger partial charge in [0.15, 0.2) is 5.82 Å². The summed E-state index contributed by atoms with van der Waals surface area (Å²) in [6.45, 7) is 1.88. The molecule has 2 heterocycles. The van der Waals surface area contributed by atoms with Crippen LogP contribution < -0.4 is 9.04 Å². The van der Waals surface area contributed by atoms with Crippen LogP contribution in [0.5, 0.6) is 5.75 Å². The fourth-order valence-corrected chi connectivity index (χ4v) is 5.65. The molecule has 8 nitrogen and oxygen atoms in total. The van der Waals surface area contributed by atoms with E-state index in [1.165, 1.54) is 31.6 Å². The number of nitrogens with zero attached hydrogens (tertiary/aromatic N) is 4. The first-order valence-electron chi connectivity index (χ1n) is 11.0. The molecule has 184 valence electrons. The minimum atomic E-state index is -4.24. The maximum atomic E-state index is 14.1. The van der Waals surface area contributed by atoms with E-state index in [1.54, 1.807) is 42.7 Å². The highest BCUT2D eigenvalue weighted by atomic mass is 35.5. The first-order chi connectivity index (χ1) is 17.8. The molecule has 0 unspecified atom stereocenters. The Labute approximate surface area is 218 Å². The molecule has 0 fully saturated rings. The molecular weight excluding hydrogens is 512 g/mol. The number of aryl methyl sites for hydroxylation is 1. The van der Waals surface area contributed by atoms with Crippen molar-refractivity contribution in [3.63, 3.8) is 0 Å². The van der Waals surface area contributed by atoms with Crippen molar-refractivity contribution in [2.24, 2.45) is 0 Å². The summed E-state index contributed by atoms with van der Waals surface area (Å²) < 4.78 is 39.7. The molecular formula is C27H19ClN4O4S. The Hall–Kier alpha value is -4.39. The number of halogens is 1. The lowest BCUT2D eigenvalue weighted by Crippen LogP contribution is -2.27. The molecule has 0 spiro atoms. The number of hydrogen-bond donors (Lipinski definition) is 0. The van der Waals surface area contributed by atoms with Gasteiger partial charge in [0.05, 0.1) is 23.6 Å². The number of fused-ring (bicyclic) bond motifs is 1. The molecule has 3 aromatic carbocycles. The zero-order valence-electron chi connectivity index (χ0n) is 19.7. The largest absolute Gasteiger partial charge is 0.495 e. The van der Waals surface area contributed by atoms with E-state index in [-0.39, 0.29) is 27.7 Å². The van der Waals surface area contributed by atoms with E-state index in [9.17, 15) is 13.7 Å². The molecule has 5 rings (SSSR count). The lowest BCUT2D eigenvalue weighted by molar-refractivity contribution is 0.414. The molecule has 0 N–H and O–H groups in total. The lowest BCUT2D eigenvalue weighted by Gasteiger charge is -2.24. The van der Waals surface area contributed by atoms with Crippen molar-refractivity contribution >= 4 is 43.9 Å². The van der Waals surface area contributed by atoms with E-state index >= 15 is 0 Å². The third-order valence-electron chi connectivity index (χ3n) is 5.92. The third kappa shape index (κ3) is 4.37. The molecule has 10 heteroatoms. The number of ether oxygens (including phenoxy) is 1. The number of rotatable bonds is 6. The van der Waals surface area contributed by atoms with Gasteiger partial charge < -0.3 is 9.26 Å². The van der Waals surface area contributed by atoms with Crippen molar-refractivity contribution in [3.05, 3.63) is 95.5 Å². The first-order valence-corrected chi connectivity index (χ1v) is 12.8. The van der Waals surface area contributed by atoms with Crippen LogP contribution in [0.15, 0.2) is 88.7 Å². The molecule has 0 atom stereocenters. The van der Waals surface area contributed by atoms with Crippen LogP contribution in [0.1, 0.15) is 11.1 Å². The Bertz CT molecular complexity index is 1780. The number of pyridine rings is 1. The van der Waals surface area contributed by atoms with E-state index in [0.29, 0.717) is 21.5 Å². The third-order valence-corrected chi connectivity index (χ3v) is 8.04. The zero-order valence-corrected chi connectivity index (χ0v) is 21.3. The van der Waals surface area contributed by atoms with Gasteiger partial charge in [-0.05, 0) is 59.8 Å². The van der Waals surface area contributed by atoms with Crippen LogP contribution in [0.3, 0.4) is 0 Å². The van der Waals surface area contributed by atoms with E-state index in [1.807, 2.05) is 19.1 Å². The van der Waals surface area contributed by atoms with Crippen molar-refractivity contribution < 1.29 is 17.7 Å². The highest BCUT2D eigenvalue weighted by molar-refractivity contribution is 7.93. The van der Waals surface area contributed by atoms with E-state index in [4.69, 9.17) is 20.9 Å². The summed E-state index contributed by atoms with van der Waals surface area (Å²) in [7, 11) is -2.81. The minimum absolute atomic E-state index is 0.00291. The quantitative estimate of drug-likeness (QED) is 0.255. The van der Waals surface area contributed by atoms with E-state index < -0.39 is 10.0 Å². The average molecular weight is 531 g/mol. The second kappa shape index (κ2) is 9.58. The summed E-state index contributed by atoms with van der Waals surface area (Å²) in [5, 5.41) is 15.9. The molecule has 0 aliphatic heterocycles. The summed E-state index contributed by atoms with van der Waals surface area (Å²) >= 11 is 6.33. The maximum absolute atomic E-state index is 14.1. The van der Waals surface area contributed by atoms with Crippen LogP contribution in [0.25, 0.3) is 21.9 Å². The molecule has 0 amide bonds. The average Bonchev–Trinajstić information content (AvgIpc) is 3.44.